The van der Waals surface area contributed by atoms with Gasteiger partial charge < -0.3 is 11.5 Å². The molecule has 0 saturated heterocycles. The molecule has 0 aromatic carbocycles. The number of aromatic nitrogens is 2. The first-order valence-electron chi connectivity index (χ1n) is 14.6. The van der Waals surface area contributed by atoms with Gasteiger partial charge in [0.25, 0.3) is 0 Å². The van der Waals surface area contributed by atoms with Crippen LogP contribution < -0.4 is 11.5 Å². The van der Waals surface area contributed by atoms with Gasteiger partial charge in [0.1, 0.15) is 9.66 Å². The van der Waals surface area contributed by atoms with Gasteiger partial charge in [-0.15, -0.1) is 22.7 Å². The predicted molar refractivity (Wildman–Crippen MR) is 159 cm³/mol. The smallest absolute Gasteiger partial charge is 0.126 e. The Hall–Kier alpha value is -2.18. The van der Waals surface area contributed by atoms with Gasteiger partial charge in [0, 0.05) is 43.3 Å². The second-order valence-electron chi connectivity index (χ2n) is 11.5. The van der Waals surface area contributed by atoms with Gasteiger partial charge in [0.2, 0.25) is 0 Å². The lowest BCUT2D eigenvalue weighted by atomic mass is 9.94. The van der Waals surface area contributed by atoms with E-state index in [4.69, 9.17) is 21.4 Å². The van der Waals surface area contributed by atoms with Crippen LogP contribution in [-0.2, 0) is 51.4 Å². The lowest BCUT2D eigenvalue weighted by molar-refractivity contribution is 0.611. The Bertz CT molecular complexity index is 1500. The predicted octanol–water partition coefficient (Wildman–Crippen LogP) is 7.66. The van der Waals surface area contributed by atoms with Crippen LogP contribution in [0, 0.1) is 0 Å². The third-order valence-corrected chi connectivity index (χ3v) is 11.5. The van der Waals surface area contributed by atoms with E-state index in [1.54, 1.807) is 9.75 Å². The highest BCUT2D eigenvalue weighted by atomic mass is 32.1. The third-order valence-electron chi connectivity index (χ3n) is 9.09. The largest absolute Gasteiger partial charge is 0.398 e. The summed E-state index contributed by atoms with van der Waals surface area (Å²) in [6.07, 6.45) is 21.1. The molecule has 37 heavy (non-hydrogen) atoms. The van der Waals surface area contributed by atoms with Gasteiger partial charge in [-0.1, -0.05) is 19.3 Å². The molecule has 8 rings (SSSR count). The molecule has 4 nitrogen and oxygen atoms in total. The molecule has 194 valence electrons. The third kappa shape index (κ3) is 4.15. The second kappa shape index (κ2) is 9.85. The quantitative estimate of drug-likeness (QED) is 0.229. The molecule has 0 bridgehead atoms. The van der Waals surface area contributed by atoms with Crippen molar-refractivity contribution in [3.8, 4) is 0 Å². The number of fused-ring (bicyclic) bond motifs is 8. The van der Waals surface area contributed by atoms with E-state index in [1.807, 2.05) is 22.7 Å². The zero-order chi connectivity index (χ0) is 24.9. The van der Waals surface area contributed by atoms with Crippen molar-refractivity contribution in [3.05, 3.63) is 43.4 Å². The van der Waals surface area contributed by atoms with Gasteiger partial charge in [-0.3, -0.25) is 0 Å². The minimum Gasteiger partial charge on any atom is -0.398 e. The number of nitrogen functional groups attached to an aromatic ring is 2. The first-order chi connectivity index (χ1) is 18.2. The van der Waals surface area contributed by atoms with Gasteiger partial charge in [-0.2, -0.15) is 0 Å². The summed E-state index contributed by atoms with van der Waals surface area (Å²) in [5.74, 6) is 0. The van der Waals surface area contributed by atoms with Gasteiger partial charge in [0.15, 0.2) is 0 Å². The van der Waals surface area contributed by atoms with Crippen molar-refractivity contribution in [1.29, 1.82) is 0 Å². The lowest BCUT2D eigenvalue weighted by Crippen LogP contribution is -2.07. The maximum Gasteiger partial charge on any atom is 0.126 e. The Labute approximate surface area is 227 Å². The molecule has 4 aromatic heterocycles. The Morgan fingerprint density at radius 2 is 0.838 bits per heavy atom. The van der Waals surface area contributed by atoms with Crippen LogP contribution in [0.1, 0.15) is 101 Å². The number of nitrogens with two attached hydrogens (primary N) is 2. The van der Waals surface area contributed by atoms with Crippen LogP contribution in [0.2, 0.25) is 0 Å². The van der Waals surface area contributed by atoms with E-state index in [-0.39, 0.29) is 0 Å². The summed E-state index contributed by atoms with van der Waals surface area (Å²) in [7, 11) is 0. The van der Waals surface area contributed by atoms with Crippen LogP contribution in [0.25, 0.3) is 20.4 Å². The molecule has 4 heterocycles. The fourth-order valence-corrected chi connectivity index (χ4v) is 9.77. The molecule has 4 aliphatic rings. The molecular formula is C31H38N4S2. The maximum absolute atomic E-state index is 6.54. The molecule has 4 aliphatic carbocycles. The Balaban J connectivity index is 0.000000125. The van der Waals surface area contributed by atoms with E-state index in [2.05, 4.69) is 0 Å². The normalized spacial score (nSPS) is 18.8. The average Bonchev–Trinajstić information content (AvgIpc) is 3.60. The monoisotopic (exact) mass is 530 g/mol. The van der Waals surface area contributed by atoms with Gasteiger partial charge >= 0.3 is 0 Å². The highest BCUT2D eigenvalue weighted by molar-refractivity contribution is 7.19. The van der Waals surface area contributed by atoms with E-state index < -0.39 is 0 Å². The van der Waals surface area contributed by atoms with Gasteiger partial charge in [-0.25, -0.2) is 9.97 Å². The van der Waals surface area contributed by atoms with E-state index in [0.717, 1.165) is 37.1 Å². The summed E-state index contributed by atoms with van der Waals surface area (Å²) in [5.41, 5.74) is 23.5. The molecule has 0 atom stereocenters. The van der Waals surface area contributed by atoms with Crippen LogP contribution in [0.5, 0.6) is 0 Å². The van der Waals surface area contributed by atoms with Crippen LogP contribution in [0.3, 0.4) is 0 Å². The molecule has 0 unspecified atom stereocenters. The first kappa shape index (κ1) is 23.9. The van der Waals surface area contributed by atoms with Crippen molar-refractivity contribution in [1.82, 2.24) is 9.97 Å². The number of thiophene rings is 2. The first-order valence-corrected chi connectivity index (χ1v) is 16.2. The number of nitrogens with zero attached hydrogens (tertiary/aromatic N) is 2. The van der Waals surface area contributed by atoms with Crippen molar-refractivity contribution in [3.63, 3.8) is 0 Å². The highest BCUT2D eigenvalue weighted by Gasteiger charge is 2.25. The average molecular weight is 531 g/mol. The number of anilines is 2. The van der Waals surface area contributed by atoms with Crippen molar-refractivity contribution in [2.45, 2.75) is 109 Å². The van der Waals surface area contributed by atoms with Gasteiger partial charge in [0.05, 0.1) is 0 Å². The molecule has 0 spiro atoms. The summed E-state index contributed by atoms with van der Waals surface area (Å²) >= 11 is 3.78. The molecule has 4 aromatic rings. The molecular weight excluding hydrogens is 493 g/mol. The molecule has 0 fully saturated rings. The molecule has 0 saturated carbocycles. The molecule has 4 N–H and O–H groups in total. The number of pyridine rings is 2. The van der Waals surface area contributed by atoms with Crippen LogP contribution in [0.15, 0.2) is 0 Å². The highest BCUT2D eigenvalue weighted by Crippen LogP contribution is 2.43. The molecule has 6 heteroatoms. The van der Waals surface area contributed by atoms with E-state index in [9.17, 15) is 0 Å². The van der Waals surface area contributed by atoms with Crippen LogP contribution in [-0.4, -0.2) is 9.97 Å². The number of rotatable bonds is 0. The van der Waals surface area contributed by atoms with E-state index in [1.165, 1.54) is 138 Å². The SMILES string of the molecule is Nc1c2c(nc3sc4c(c13)CCC4)CCCCC2.Nc1c2c(nc3sc4c(c13)CCC4)CCCCCC2. The molecule has 0 amide bonds. The standard InChI is InChI=1S/C16H20N2S.C15H18N2S/c17-15-10-6-3-1-2-4-8-12(10)18-16-14(15)11-7-5-9-13(11)19-16;16-14-9-5-2-1-3-7-11(9)17-15-13(14)10-6-4-8-12(10)18-15/h1-9H2,(H2,17,18);1-8H2,(H2,16,17). The van der Waals surface area contributed by atoms with E-state index in [0.29, 0.717) is 0 Å². The topological polar surface area (TPSA) is 77.8 Å². The van der Waals surface area contributed by atoms with Crippen molar-refractivity contribution < 1.29 is 0 Å². The Morgan fingerprint density at radius 3 is 1.32 bits per heavy atom. The molecule has 0 radical (unpaired) electrons. The lowest BCUT2D eigenvalue weighted by Gasteiger charge is -2.16. The second-order valence-corrected chi connectivity index (χ2v) is 13.6. The summed E-state index contributed by atoms with van der Waals surface area (Å²) in [4.78, 5) is 15.4. The number of aryl methyl sites for hydroxylation is 6. The minimum absolute atomic E-state index is 1.07. The maximum atomic E-state index is 6.54. The zero-order valence-electron chi connectivity index (χ0n) is 21.9. The Morgan fingerprint density at radius 1 is 0.432 bits per heavy atom. The summed E-state index contributed by atoms with van der Waals surface area (Å²) < 4.78 is 0. The van der Waals surface area contributed by atoms with Crippen molar-refractivity contribution in [2.24, 2.45) is 0 Å². The minimum atomic E-state index is 1.07. The molecule has 0 aliphatic heterocycles. The summed E-state index contributed by atoms with van der Waals surface area (Å²) in [6.45, 7) is 0. The Kier molecular flexibility index (Phi) is 6.36. The summed E-state index contributed by atoms with van der Waals surface area (Å²) in [6, 6.07) is 0. The number of hydrogen-bond acceptors (Lipinski definition) is 6. The number of hydrogen-bond donors (Lipinski definition) is 2. The summed E-state index contributed by atoms with van der Waals surface area (Å²) in [5, 5.41) is 2.63. The van der Waals surface area contributed by atoms with Crippen molar-refractivity contribution in [2.75, 3.05) is 11.5 Å². The zero-order valence-corrected chi connectivity index (χ0v) is 23.5. The van der Waals surface area contributed by atoms with Crippen LogP contribution in [0.4, 0.5) is 11.4 Å². The fraction of sp³-hybridized carbons (Fsp3) is 0.548. The van der Waals surface area contributed by atoms with Gasteiger partial charge in [-0.05, 0) is 112 Å². The fourth-order valence-electron chi connectivity index (χ4n) is 7.18. The van der Waals surface area contributed by atoms with Crippen LogP contribution >= 0.6 is 22.7 Å². The van der Waals surface area contributed by atoms with E-state index >= 15 is 0 Å². The van der Waals surface area contributed by atoms with Crippen molar-refractivity contribution >= 4 is 54.5 Å².